The lowest BCUT2D eigenvalue weighted by molar-refractivity contribution is -0.137. The van der Waals surface area contributed by atoms with Gasteiger partial charge in [0.2, 0.25) is 0 Å². The molecule has 2 heterocycles. The van der Waals surface area contributed by atoms with Crippen molar-refractivity contribution >= 4 is 17.8 Å². The number of amides is 2. The number of ether oxygens (including phenoxy) is 2. The largest absolute Gasteiger partial charge is 0.444 e. The van der Waals surface area contributed by atoms with Crippen LogP contribution in [-0.4, -0.2) is 54.1 Å². The normalized spacial score (nSPS) is 14.7. The van der Waals surface area contributed by atoms with E-state index in [0.717, 1.165) is 17.7 Å². The van der Waals surface area contributed by atoms with E-state index in [1.54, 1.807) is 51.1 Å². The highest BCUT2D eigenvalue weighted by Crippen LogP contribution is 2.34. The second-order valence-corrected chi connectivity index (χ2v) is 10.9. The molecule has 4 rings (SSSR count). The molecule has 0 spiro atoms. The van der Waals surface area contributed by atoms with Crippen LogP contribution in [0.4, 0.5) is 23.8 Å². The summed E-state index contributed by atoms with van der Waals surface area (Å²) >= 11 is 0. The van der Waals surface area contributed by atoms with E-state index in [-0.39, 0.29) is 12.5 Å². The molecule has 224 valence electrons. The summed E-state index contributed by atoms with van der Waals surface area (Å²) in [5, 5.41) is 13.6. The van der Waals surface area contributed by atoms with Crippen LogP contribution in [0.25, 0.3) is 11.1 Å². The first-order valence-electron chi connectivity index (χ1n) is 13.5. The number of alkyl carbamates (subject to hydrolysis) is 1. The number of aromatic nitrogens is 2. The Balaban J connectivity index is 1.49. The van der Waals surface area contributed by atoms with Gasteiger partial charge in [-0.05, 0) is 68.1 Å². The van der Waals surface area contributed by atoms with Crippen LogP contribution in [0.1, 0.15) is 60.8 Å². The van der Waals surface area contributed by atoms with E-state index in [1.807, 2.05) is 11.8 Å². The molecule has 1 aliphatic rings. The molecule has 42 heavy (non-hydrogen) atoms. The van der Waals surface area contributed by atoms with Gasteiger partial charge in [0.15, 0.2) is 5.82 Å². The minimum absolute atomic E-state index is 0.0248. The summed E-state index contributed by atoms with van der Waals surface area (Å²) in [5.74, 6) is 0.269. The third-order valence-corrected chi connectivity index (χ3v) is 6.57. The van der Waals surface area contributed by atoms with E-state index < -0.39 is 29.5 Å². The molecule has 0 aliphatic carbocycles. The molecule has 0 unspecified atom stereocenters. The Bertz CT molecular complexity index is 1400. The van der Waals surface area contributed by atoms with Gasteiger partial charge in [0, 0.05) is 19.6 Å². The number of carbonyl (C=O) groups is 2. The first-order valence-corrected chi connectivity index (χ1v) is 13.5. The van der Waals surface area contributed by atoms with Crippen LogP contribution < -0.4 is 15.5 Å². The molecular formula is C30H34F3N5O4. The van der Waals surface area contributed by atoms with Crippen LogP contribution in [0, 0.1) is 0 Å². The van der Waals surface area contributed by atoms with Gasteiger partial charge in [-0.25, -0.2) is 4.79 Å². The van der Waals surface area contributed by atoms with Gasteiger partial charge in [-0.1, -0.05) is 30.3 Å². The lowest BCUT2D eigenvalue weighted by atomic mass is 9.95. The van der Waals surface area contributed by atoms with Crippen molar-refractivity contribution in [2.45, 2.75) is 52.1 Å². The number of halogens is 3. The number of morpholine rings is 1. The summed E-state index contributed by atoms with van der Waals surface area (Å²) in [4.78, 5) is 27.1. The van der Waals surface area contributed by atoms with Gasteiger partial charge >= 0.3 is 12.3 Å². The van der Waals surface area contributed by atoms with Gasteiger partial charge in [-0.15, -0.1) is 5.10 Å². The van der Waals surface area contributed by atoms with Gasteiger partial charge in [0.05, 0.1) is 36.6 Å². The number of alkyl halides is 3. The Morgan fingerprint density at radius 1 is 1.05 bits per heavy atom. The molecule has 2 amide bonds. The third-order valence-electron chi connectivity index (χ3n) is 6.57. The fraction of sp³-hybridized carbons (Fsp3) is 0.400. The van der Waals surface area contributed by atoms with Crippen LogP contribution in [-0.2, 0) is 22.2 Å². The molecule has 2 N–H and O–H groups in total. The fourth-order valence-corrected chi connectivity index (χ4v) is 4.40. The molecule has 3 aromatic rings. The molecule has 0 saturated carbocycles. The number of anilines is 1. The van der Waals surface area contributed by atoms with Gasteiger partial charge in [0.1, 0.15) is 5.60 Å². The zero-order valence-corrected chi connectivity index (χ0v) is 23.9. The molecule has 1 aliphatic heterocycles. The average molecular weight is 586 g/mol. The molecule has 0 radical (unpaired) electrons. The van der Waals surface area contributed by atoms with Crippen molar-refractivity contribution in [1.82, 2.24) is 20.8 Å². The fourth-order valence-electron chi connectivity index (χ4n) is 4.40. The van der Waals surface area contributed by atoms with Gasteiger partial charge in [0.25, 0.3) is 5.91 Å². The average Bonchev–Trinajstić information content (AvgIpc) is 2.95. The third kappa shape index (κ3) is 8.19. The van der Waals surface area contributed by atoms with Crippen molar-refractivity contribution in [2.75, 3.05) is 31.2 Å². The SMILES string of the molecule is C[C@@H](NC(=O)c1cnnc(N2CCOCC2)c1)c1ccc(-c2cc(C(F)(F)F)ccc2CNC(=O)OC(C)(C)C)cc1. The molecule has 12 heteroatoms. The topological polar surface area (TPSA) is 106 Å². The summed E-state index contributed by atoms with van der Waals surface area (Å²) in [6.07, 6.45) is -3.81. The number of nitrogens with zero attached hydrogens (tertiary/aromatic N) is 3. The van der Waals surface area contributed by atoms with E-state index in [2.05, 4.69) is 20.8 Å². The molecule has 1 aromatic heterocycles. The van der Waals surface area contributed by atoms with Gasteiger partial charge in [-0.2, -0.15) is 18.3 Å². The molecular weight excluding hydrogens is 551 g/mol. The molecule has 0 bridgehead atoms. The second kappa shape index (κ2) is 12.8. The van der Waals surface area contributed by atoms with Crippen molar-refractivity contribution in [2.24, 2.45) is 0 Å². The number of carbonyl (C=O) groups excluding carboxylic acids is 2. The maximum Gasteiger partial charge on any atom is 0.416 e. The summed E-state index contributed by atoms with van der Waals surface area (Å²) < 4.78 is 51.2. The van der Waals surface area contributed by atoms with Gasteiger partial charge in [-0.3, -0.25) is 4.79 Å². The molecule has 1 saturated heterocycles. The monoisotopic (exact) mass is 585 g/mol. The maximum absolute atomic E-state index is 13.5. The summed E-state index contributed by atoms with van der Waals surface area (Å²) in [6, 6.07) is 11.6. The Labute approximate surface area is 242 Å². The van der Waals surface area contributed by atoms with Crippen LogP contribution in [0.15, 0.2) is 54.7 Å². The van der Waals surface area contributed by atoms with Crippen molar-refractivity contribution in [3.8, 4) is 11.1 Å². The van der Waals surface area contributed by atoms with E-state index >= 15 is 0 Å². The number of nitrogens with one attached hydrogen (secondary N) is 2. The number of hydrogen-bond acceptors (Lipinski definition) is 7. The van der Waals surface area contributed by atoms with Crippen molar-refractivity contribution < 1.29 is 32.2 Å². The zero-order valence-electron chi connectivity index (χ0n) is 23.9. The quantitative estimate of drug-likeness (QED) is 0.377. The second-order valence-electron chi connectivity index (χ2n) is 10.9. The Kier molecular flexibility index (Phi) is 9.35. The molecule has 9 nitrogen and oxygen atoms in total. The zero-order chi connectivity index (χ0) is 30.5. The van der Waals surface area contributed by atoms with E-state index in [4.69, 9.17) is 9.47 Å². The Morgan fingerprint density at radius 2 is 1.74 bits per heavy atom. The van der Waals surface area contributed by atoms with Crippen LogP contribution >= 0.6 is 0 Å². The van der Waals surface area contributed by atoms with Crippen LogP contribution in [0.2, 0.25) is 0 Å². The Hall–Kier alpha value is -4.19. The highest BCUT2D eigenvalue weighted by molar-refractivity contribution is 5.94. The van der Waals surface area contributed by atoms with E-state index in [1.165, 1.54) is 12.3 Å². The van der Waals surface area contributed by atoms with Crippen molar-refractivity contribution in [3.05, 3.63) is 77.0 Å². The molecule has 1 atom stereocenters. The van der Waals surface area contributed by atoms with E-state index in [9.17, 15) is 22.8 Å². The van der Waals surface area contributed by atoms with Crippen LogP contribution in [0.3, 0.4) is 0 Å². The summed E-state index contributed by atoms with van der Waals surface area (Å²) in [7, 11) is 0. The highest BCUT2D eigenvalue weighted by Gasteiger charge is 2.31. The van der Waals surface area contributed by atoms with Crippen molar-refractivity contribution in [1.29, 1.82) is 0 Å². The lowest BCUT2D eigenvalue weighted by Crippen LogP contribution is -2.37. The highest BCUT2D eigenvalue weighted by atomic mass is 19.4. The number of hydrogen-bond donors (Lipinski definition) is 2. The molecule has 2 aromatic carbocycles. The first kappa shape index (κ1) is 30.8. The van der Waals surface area contributed by atoms with Crippen molar-refractivity contribution in [3.63, 3.8) is 0 Å². The smallest absolute Gasteiger partial charge is 0.416 e. The number of rotatable bonds is 7. The Morgan fingerprint density at radius 3 is 2.38 bits per heavy atom. The maximum atomic E-state index is 13.5. The standard InChI is InChI=1S/C30H34F3N5O4/c1-19(36-27(39)23-15-26(37-35-18-23)38-11-13-41-14-12-38)20-5-7-21(8-6-20)25-16-24(30(31,32)33)10-9-22(25)17-34-28(40)42-29(2,3)4/h5-10,15-16,18-19H,11-14,17H2,1-4H3,(H,34,40)(H,36,39)/t19-/m1/s1. The number of benzene rings is 2. The lowest BCUT2D eigenvalue weighted by Gasteiger charge is -2.27. The first-order chi connectivity index (χ1) is 19.8. The minimum Gasteiger partial charge on any atom is -0.444 e. The minimum atomic E-state index is -4.53. The predicted molar refractivity (Wildman–Crippen MR) is 151 cm³/mol. The summed E-state index contributed by atoms with van der Waals surface area (Å²) in [5.41, 5.74) is 0.938. The van der Waals surface area contributed by atoms with Gasteiger partial charge < -0.3 is 25.0 Å². The molecule has 1 fully saturated rings. The van der Waals surface area contributed by atoms with Crippen LogP contribution in [0.5, 0.6) is 0 Å². The summed E-state index contributed by atoms with van der Waals surface area (Å²) in [6.45, 7) is 9.42. The predicted octanol–water partition coefficient (Wildman–Crippen LogP) is 5.51. The van der Waals surface area contributed by atoms with E-state index in [0.29, 0.717) is 54.4 Å².